The molecule has 1 aliphatic rings. The molecule has 0 radical (unpaired) electrons. The van der Waals surface area contributed by atoms with Gasteiger partial charge in [-0.1, -0.05) is 42.5 Å². The van der Waals surface area contributed by atoms with E-state index in [0.29, 0.717) is 17.0 Å². The number of benzene rings is 1. The van der Waals surface area contributed by atoms with Crippen LogP contribution in [0.5, 0.6) is 0 Å². The second-order valence-corrected chi connectivity index (χ2v) is 5.54. The fraction of sp³-hybridized carbons (Fsp3) is 0.316. The van der Waals surface area contributed by atoms with Crippen LogP contribution in [0.4, 0.5) is 0 Å². The Morgan fingerprint density at radius 1 is 1.08 bits per heavy atom. The Labute approximate surface area is 141 Å². The van der Waals surface area contributed by atoms with Gasteiger partial charge in [-0.15, -0.1) is 0 Å². The molecule has 1 aromatic carbocycles. The van der Waals surface area contributed by atoms with Gasteiger partial charge in [0.25, 0.3) is 0 Å². The number of hydrogen-bond donors (Lipinski definition) is 0. The number of hydrogen-bond acceptors (Lipinski definition) is 5. The Morgan fingerprint density at radius 3 is 2.33 bits per heavy atom. The number of allylic oxidation sites excluding steroid dienone is 2. The number of aliphatic imine (C=N–C) groups is 1. The molecule has 5 nitrogen and oxygen atoms in total. The normalized spacial score (nSPS) is 20.8. The zero-order chi connectivity index (χ0) is 17.7. The molecule has 0 fully saturated rings. The summed E-state index contributed by atoms with van der Waals surface area (Å²) in [5.41, 5.74) is 2.53. The third-order valence-corrected chi connectivity index (χ3v) is 4.03. The summed E-state index contributed by atoms with van der Waals surface area (Å²) in [6, 6.07) is 9.67. The molecular weight excluding hydrogens is 306 g/mol. The van der Waals surface area contributed by atoms with Gasteiger partial charge in [-0.2, -0.15) is 0 Å². The quantitative estimate of drug-likeness (QED) is 0.797. The van der Waals surface area contributed by atoms with Gasteiger partial charge in [-0.25, -0.2) is 4.79 Å². The van der Waals surface area contributed by atoms with Crippen molar-refractivity contribution in [2.45, 2.75) is 13.8 Å². The molecular formula is C19H21NO4. The van der Waals surface area contributed by atoms with E-state index in [9.17, 15) is 9.59 Å². The van der Waals surface area contributed by atoms with Gasteiger partial charge in [0.2, 0.25) is 0 Å². The highest BCUT2D eigenvalue weighted by molar-refractivity contribution is 6.06. The third-order valence-electron chi connectivity index (χ3n) is 4.03. The number of rotatable bonds is 4. The van der Waals surface area contributed by atoms with Crippen LogP contribution in [0.15, 0.2) is 52.7 Å². The summed E-state index contributed by atoms with van der Waals surface area (Å²) in [5.74, 6) is -2.04. The molecule has 5 heteroatoms. The second-order valence-electron chi connectivity index (χ2n) is 5.54. The number of carbonyl (C=O) groups excluding carboxylic acids is 2. The van der Waals surface area contributed by atoms with Gasteiger partial charge in [0.1, 0.15) is 5.92 Å². The van der Waals surface area contributed by atoms with E-state index in [1.807, 2.05) is 42.5 Å². The Kier molecular flexibility index (Phi) is 5.68. The summed E-state index contributed by atoms with van der Waals surface area (Å²) in [5, 5.41) is 0. The van der Waals surface area contributed by atoms with Gasteiger partial charge < -0.3 is 9.47 Å². The minimum atomic E-state index is -0.646. The Balaban J connectivity index is 2.49. The van der Waals surface area contributed by atoms with Crippen LogP contribution in [-0.4, -0.2) is 31.9 Å². The lowest BCUT2D eigenvalue weighted by Gasteiger charge is -2.28. The highest BCUT2D eigenvalue weighted by Crippen LogP contribution is 2.33. The van der Waals surface area contributed by atoms with E-state index in [2.05, 4.69) is 4.99 Å². The standard InChI is InChI=1S/C19H21NO4/c1-12-16(18(21)23-3)15(11-10-14-8-6-5-7-9-14)17(13(2)20-12)19(22)24-4/h5-11,15-16H,1-4H3/b11-10+. The van der Waals surface area contributed by atoms with Crippen molar-refractivity contribution in [1.29, 1.82) is 0 Å². The molecule has 0 bridgehead atoms. The summed E-state index contributed by atoms with van der Waals surface area (Å²) in [7, 11) is 2.65. The van der Waals surface area contributed by atoms with E-state index >= 15 is 0 Å². The molecule has 1 aliphatic heterocycles. The van der Waals surface area contributed by atoms with E-state index in [0.717, 1.165) is 5.56 Å². The number of nitrogens with zero attached hydrogens (tertiary/aromatic N) is 1. The molecule has 0 aromatic heterocycles. The van der Waals surface area contributed by atoms with Crippen LogP contribution >= 0.6 is 0 Å². The number of esters is 2. The van der Waals surface area contributed by atoms with Crippen LogP contribution in [0.2, 0.25) is 0 Å². The fourth-order valence-electron chi connectivity index (χ4n) is 2.89. The summed E-state index contributed by atoms with van der Waals surface area (Å²) in [4.78, 5) is 28.8. The second kappa shape index (κ2) is 7.73. The summed E-state index contributed by atoms with van der Waals surface area (Å²) in [6.45, 7) is 3.51. The lowest BCUT2D eigenvalue weighted by atomic mass is 9.79. The minimum absolute atomic E-state index is 0.380. The predicted molar refractivity (Wildman–Crippen MR) is 92.3 cm³/mol. The molecule has 24 heavy (non-hydrogen) atoms. The van der Waals surface area contributed by atoms with Crippen molar-refractivity contribution in [3.05, 3.63) is 53.2 Å². The molecule has 1 heterocycles. The number of methoxy groups -OCH3 is 2. The van der Waals surface area contributed by atoms with Crippen LogP contribution in [-0.2, 0) is 19.1 Å². The summed E-state index contributed by atoms with van der Waals surface area (Å²) in [6.07, 6.45) is 3.72. The molecule has 0 amide bonds. The lowest BCUT2D eigenvalue weighted by molar-refractivity contribution is -0.144. The van der Waals surface area contributed by atoms with Crippen LogP contribution < -0.4 is 0 Å². The minimum Gasteiger partial charge on any atom is -0.468 e. The smallest absolute Gasteiger partial charge is 0.336 e. The van der Waals surface area contributed by atoms with Gasteiger partial charge >= 0.3 is 11.9 Å². The maximum Gasteiger partial charge on any atom is 0.336 e. The molecule has 0 N–H and O–H groups in total. The number of ether oxygens (including phenoxy) is 2. The van der Waals surface area contributed by atoms with Crippen molar-refractivity contribution >= 4 is 23.7 Å². The first-order valence-corrected chi connectivity index (χ1v) is 7.65. The highest BCUT2D eigenvalue weighted by Gasteiger charge is 2.39. The van der Waals surface area contributed by atoms with E-state index in [4.69, 9.17) is 9.47 Å². The highest BCUT2D eigenvalue weighted by atomic mass is 16.5. The summed E-state index contributed by atoms with van der Waals surface area (Å²) >= 11 is 0. The van der Waals surface area contributed by atoms with Crippen molar-refractivity contribution in [3.63, 3.8) is 0 Å². The monoisotopic (exact) mass is 327 g/mol. The molecule has 2 rings (SSSR count). The fourth-order valence-corrected chi connectivity index (χ4v) is 2.89. The van der Waals surface area contributed by atoms with Crippen LogP contribution in [0.25, 0.3) is 6.08 Å². The van der Waals surface area contributed by atoms with Gasteiger partial charge in [0, 0.05) is 17.3 Å². The Morgan fingerprint density at radius 2 is 1.75 bits per heavy atom. The third kappa shape index (κ3) is 3.62. The molecule has 0 spiro atoms. The topological polar surface area (TPSA) is 65.0 Å². The van der Waals surface area contributed by atoms with Crippen molar-refractivity contribution < 1.29 is 19.1 Å². The van der Waals surface area contributed by atoms with Crippen molar-refractivity contribution in [1.82, 2.24) is 0 Å². The number of carbonyl (C=O) groups is 2. The zero-order valence-corrected chi connectivity index (χ0v) is 14.3. The van der Waals surface area contributed by atoms with Crippen molar-refractivity contribution in [3.8, 4) is 0 Å². The van der Waals surface area contributed by atoms with Crippen molar-refractivity contribution in [2.75, 3.05) is 14.2 Å². The molecule has 2 atom stereocenters. The van der Waals surface area contributed by atoms with Gasteiger partial charge in [-0.05, 0) is 19.4 Å². The molecule has 0 saturated heterocycles. The zero-order valence-electron chi connectivity index (χ0n) is 14.3. The van der Waals surface area contributed by atoms with Crippen LogP contribution in [0.1, 0.15) is 19.4 Å². The average molecular weight is 327 g/mol. The first-order valence-electron chi connectivity index (χ1n) is 7.65. The Bertz CT molecular complexity index is 716. The maximum atomic E-state index is 12.3. The van der Waals surface area contributed by atoms with E-state index < -0.39 is 23.8 Å². The molecule has 0 aliphatic carbocycles. The van der Waals surface area contributed by atoms with Crippen molar-refractivity contribution in [2.24, 2.45) is 16.8 Å². The first-order chi connectivity index (χ1) is 11.5. The molecule has 1 aromatic rings. The van der Waals surface area contributed by atoms with Crippen LogP contribution in [0, 0.1) is 11.8 Å². The average Bonchev–Trinajstić information content (AvgIpc) is 2.59. The van der Waals surface area contributed by atoms with Crippen LogP contribution in [0.3, 0.4) is 0 Å². The largest absolute Gasteiger partial charge is 0.468 e. The molecule has 126 valence electrons. The maximum absolute atomic E-state index is 12.3. The first kappa shape index (κ1) is 17.7. The predicted octanol–water partition coefficient (Wildman–Crippen LogP) is 3.03. The lowest BCUT2D eigenvalue weighted by Crippen LogP contribution is -2.36. The van der Waals surface area contributed by atoms with Gasteiger partial charge in [0.05, 0.1) is 19.8 Å². The molecule has 0 saturated carbocycles. The molecule has 2 unspecified atom stereocenters. The summed E-state index contributed by atoms with van der Waals surface area (Å²) < 4.78 is 9.80. The van der Waals surface area contributed by atoms with Gasteiger partial charge in [0.15, 0.2) is 0 Å². The van der Waals surface area contributed by atoms with E-state index in [-0.39, 0.29) is 0 Å². The van der Waals surface area contributed by atoms with E-state index in [1.54, 1.807) is 13.8 Å². The van der Waals surface area contributed by atoms with E-state index in [1.165, 1.54) is 14.2 Å². The Hall–Kier alpha value is -2.69. The van der Waals surface area contributed by atoms with Gasteiger partial charge in [-0.3, -0.25) is 9.79 Å². The SMILES string of the molecule is COC(=O)C1=C(C)N=C(C)C(C(=O)OC)C1/C=C/c1ccccc1.